The number of hydrogen-bond acceptors (Lipinski definition) is 3. The van der Waals surface area contributed by atoms with E-state index in [1.54, 1.807) is 0 Å². The molecule has 0 aliphatic carbocycles. The van der Waals surface area contributed by atoms with Crippen molar-refractivity contribution in [3.05, 3.63) is 35.0 Å². The molecule has 2 nitrogen and oxygen atoms in total. The first-order valence-corrected chi connectivity index (χ1v) is 8.43. The number of fused-ring (bicyclic) bond motifs is 1. The molecular formula is C15H20ClNOS. The topological polar surface area (TPSA) is 25.2 Å². The number of rotatable bonds is 7. The van der Waals surface area contributed by atoms with E-state index >= 15 is 0 Å². The Morgan fingerprint density at radius 2 is 2.26 bits per heavy atom. The summed E-state index contributed by atoms with van der Waals surface area (Å²) in [6, 6.07) is 8.25. The number of halogens is 1. The minimum Gasteiger partial charge on any atom is -0.458 e. The Kier molecular flexibility index (Phi) is 5.61. The molecular weight excluding hydrogens is 278 g/mol. The molecule has 1 heterocycles. The van der Waals surface area contributed by atoms with Crippen LogP contribution in [0, 0.1) is 0 Å². The molecule has 1 unspecified atom stereocenters. The van der Waals surface area contributed by atoms with Crippen LogP contribution in [0.4, 0.5) is 0 Å². The van der Waals surface area contributed by atoms with E-state index in [1.807, 2.05) is 30.0 Å². The third-order valence-electron chi connectivity index (χ3n) is 3.11. The lowest BCUT2D eigenvalue weighted by atomic mass is 10.1. The van der Waals surface area contributed by atoms with Crippen molar-refractivity contribution in [3.8, 4) is 0 Å². The fraction of sp³-hybridized carbons (Fsp3) is 0.467. The Labute approximate surface area is 123 Å². The largest absolute Gasteiger partial charge is 0.458 e. The highest BCUT2D eigenvalue weighted by Gasteiger charge is 2.16. The van der Waals surface area contributed by atoms with Gasteiger partial charge in [0.05, 0.1) is 11.1 Å². The maximum atomic E-state index is 6.17. The van der Waals surface area contributed by atoms with Gasteiger partial charge in [-0.3, -0.25) is 0 Å². The summed E-state index contributed by atoms with van der Waals surface area (Å²) in [6.07, 6.45) is 4.32. The molecule has 0 amide bonds. The van der Waals surface area contributed by atoms with Gasteiger partial charge in [-0.25, -0.2) is 0 Å². The monoisotopic (exact) mass is 297 g/mol. The Hall–Kier alpha value is -0.640. The number of furan rings is 1. The number of para-hydroxylation sites is 1. The first kappa shape index (κ1) is 14.8. The standard InChI is InChI=1S/C15H20ClNOS/c1-3-8-17-13(7-9-19-2)14-10-11-5-4-6-12(16)15(11)18-14/h4-6,10,13,17H,3,7-9H2,1-2H3. The van der Waals surface area contributed by atoms with Gasteiger partial charge in [0.1, 0.15) is 5.76 Å². The molecule has 0 spiro atoms. The fourth-order valence-electron chi connectivity index (χ4n) is 2.12. The van der Waals surface area contributed by atoms with E-state index in [9.17, 15) is 0 Å². The molecule has 1 aromatic carbocycles. The number of nitrogens with one attached hydrogen (secondary N) is 1. The molecule has 1 aromatic heterocycles. The van der Waals surface area contributed by atoms with Gasteiger partial charge in [-0.1, -0.05) is 30.7 Å². The van der Waals surface area contributed by atoms with Gasteiger partial charge >= 0.3 is 0 Å². The van der Waals surface area contributed by atoms with Crippen LogP contribution in [0.15, 0.2) is 28.7 Å². The van der Waals surface area contributed by atoms with Crippen LogP contribution in [0.1, 0.15) is 31.6 Å². The second kappa shape index (κ2) is 7.22. The van der Waals surface area contributed by atoms with Crippen molar-refractivity contribution >= 4 is 34.3 Å². The summed E-state index contributed by atoms with van der Waals surface area (Å²) in [5, 5.41) is 5.31. The van der Waals surface area contributed by atoms with Crippen LogP contribution in [0.2, 0.25) is 5.02 Å². The van der Waals surface area contributed by atoms with Crippen LogP contribution in [-0.4, -0.2) is 18.6 Å². The van der Waals surface area contributed by atoms with Crippen molar-refractivity contribution in [1.82, 2.24) is 5.32 Å². The predicted molar refractivity (Wildman–Crippen MR) is 85.3 cm³/mol. The number of thioether (sulfide) groups is 1. The molecule has 0 aliphatic heterocycles. The van der Waals surface area contributed by atoms with E-state index in [-0.39, 0.29) is 6.04 Å². The summed E-state index contributed by atoms with van der Waals surface area (Å²) in [4.78, 5) is 0. The summed E-state index contributed by atoms with van der Waals surface area (Å²) in [5.41, 5.74) is 0.798. The van der Waals surface area contributed by atoms with E-state index in [0.717, 1.165) is 41.9 Å². The van der Waals surface area contributed by atoms with E-state index in [0.29, 0.717) is 5.02 Å². The molecule has 4 heteroatoms. The molecule has 2 aromatic rings. The SMILES string of the molecule is CCCNC(CCSC)c1cc2cccc(Cl)c2o1. The van der Waals surface area contributed by atoms with Gasteiger partial charge in [-0.2, -0.15) is 11.8 Å². The zero-order chi connectivity index (χ0) is 13.7. The maximum absolute atomic E-state index is 6.17. The van der Waals surface area contributed by atoms with Crippen molar-refractivity contribution in [1.29, 1.82) is 0 Å². The van der Waals surface area contributed by atoms with Gasteiger partial charge in [-0.05, 0) is 43.5 Å². The van der Waals surface area contributed by atoms with Gasteiger partial charge in [0.2, 0.25) is 0 Å². The smallest absolute Gasteiger partial charge is 0.152 e. The van der Waals surface area contributed by atoms with Crippen molar-refractivity contribution in [2.75, 3.05) is 18.6 Å². The van der Waals surface area contributed by atoms with Gasteiger partial charge in [0.25, 0.3) is 0 Å². The van der Waals surface area contributed by atoms with Crippen molar-refractivity contribution < 1.29 is 4.42 Å². The third-order valence-corrected chi connectivity index (χ3v) is 4.05. The summed E-state index contributed by atoms with van der Waals surface area (Å²) in [7, 11) is 0. The Balaban J connectivity index is 2.24. The highest BCUT2D eigenvalue weighted by molar-refractivity contribution is 7.98. The second-order valence-corrected chi connectivity index (χ2v) is 5.99. The molecule has 2 rings (SSSR count). The molecule has 1 atom stereocenters. The van der Waals surface area contributed by atoms with E-state index < -0.39 is 0 Å². The predicted octanol–water partition coefficient (Wildman–Crippen LogP) is 4.88. The average molecular weight is 298 g/mol. The summed E-state index contributed by atoms with van der Waals surface area (Å²) < 4.78 is 5.95. The molecule has 0 saturated heterocycles. The molecule has 0 bridgehead atoms. The van der Waals surface area contributed by atoms with Gasteiger partial charge in [0.15, 0.2) is 5.58 Å². The van der Waals surface area contributed by atoms with Crippen molar-refractivity contribution in [3.63, 3.8) is 0 Å². The van der Waals surface area contributed by atoms with E-state index in [4.69, 9.17) is 16.0 Å². The quantitative estimate of drug-likeness (QED) is 0.788. The van der Waals surface area contributed by atoms with Crippen molar-refractivity contribution in [2.45, 2.75) is 25.8 Å². The average Bonchev–Trinajstić information content (AvgIpc) is 2.84. The van der Waals surface area contributed by atoms with E-state index in [1.165, 1.54) is 0 Å². The first-order valence-electron chi connectivity index (χ1n) is 6.66. The van der Waals surface area contributed by atoms with Gasteiger partial charge in [0, 0.05) is 5.39 Å². The molecule has 0 saturated carbocycles. The number of benzene rings is 1. The second-order valence-electron chi connectivity index (χ2n) is 4.60. The minimum atomic E-state index is 0.274. The summed E-state index contributed by atoms with van der Waals surface area (Å²) >= 11 is 8.03. The van der Waals surface area contributed by atoms with Gasteiger partial charge in [-0.15, -0.1) is 0 Å². The Bertz CT molecular complexity index is 518. The molecule has 0 aliphatic rings. The van der Waals surface area contributed by atoms with Crippen molar-refractivity contribution in [2.24, 2.45) is 0 Å². The van der Waals surface area contributed by atoms with Crippen LogP contribution < -0.4 is 5.32 Å². The Morgan fingerprint density at radius 3 is 2.95 bits per heavy atom. The fourth-order valence-corrected chi connectivity index (χ4v) is 2.81. The lowest BCUT2D eigenvalue weighted by Gasteiger charge is -2.15. The lowest BCUT2D eigenvalue weighted by Crippen LogP contribution is -2.22. The summed E-state index contributed by atoms with van der Waals surface area (Å²) in [6.45, 7) is 3.18. The minimum absolute atomic E-state index is 0.274. The third kappa shape index (κ3) is 3.68. The molecule has 104 valence electrons. The zero-order valence-corrected chi connectivity index (χ0v) is 13.0. The molecule has 0 radical (unpaired) electrons. The molecule has 19 heavy (non-hydrogen) atoms. The highest BCUT2D eigenvalue weighted by atomic mass is 35.5. The molecule has 0 fully saturated rings. The first-order chi connectivity index (χ1) is 9.26. The normalized spacial score (nSPS) is 13.0. The van der Waals surface area contributed by atoms with Crippen LogP contribution >= 0.6 is 23.4 Å². The molecule has 1 N–H and O–H groups in total. The maximum Gasteiger partial charge on any atom is 0.152 e. The lowest BCUT2D eigenvalue weighted by molar-refractivity contribution is 0.423. The number of hydrogen-bond donors (Lipinski definition) is 1. The van der Waals surface area contributed by atoms with Crippen LogP contribution in [0.25, 0.3) is 11.0 Å². The van der Waals surface area contributed by atoms with Crippen LogP contribution in [-0.2, 0) is 0 Å². The summed E-state index contributed by atoms with van der Waals surface area (Å²) in [5.74, 6) is 2.11. The van der Waals surface area contributed by atoms with Gasteiger partial charge < -0.3 is 9.73 Å². The van der Waals surface area contributed by atoms with E-state index in [2.05, 4.69) is 24.6 Å². The van der Waals surface area contributed by atoms with Crippen LogP contribution in [0.3, 0.4) is 0 Å². The zero-order valence-electron chi connectivity index (χ0n) is 11.4. The Morgan fingerprint density at radius 1 is 1.42 bits per heavy atom. The highest BCUT2D eigenvalue weighted by Crippen LogP contribution is 2.30. The van der Waals surface area contributed by atoms with Crippen LogP contribution in [0.5, 0.6) is 0 Å².